The van der Waals surface area contributed by atoms with Crippen molar-refractivity contribution in [2.75, 3.05) is 31.6 Å². The van der Waals surface area contributed by atoms with Crippen LogP contribution in [0.25, 0.3) is 17.1 Å². The summed E-state index contributed by atoms with van der Waals surface area (Å²) in [6.07, 6.45) is 3.91. The number of piperidine rings is 1. The van der Waals surface area contributed by atoms with Crippen molar-refractivity contribution < 1.29 is 14.3 Å². The molecule has 1 fully saturated rings. The van der Waals surface area contributed by atoms with Gasteiger partial charge in [0.25, 0.3) is 0 Å². The molecule has 206 valence electrons. The van der Waals surface area contributed by atoms with Crippen LogP contribution in [-0.4, -0.2) is 47.0 Å². The second-order valence-corrected chi connectivity index (χ2v) is 10.5. The number of anilines is 1. The van der Waals surface area contributed by atoms with Crippen LogP contribution >= 0.6 is 0 Å². The number of rotatable bonds is 7. The van der Waals surface area contributed by atoms with Crippen molar-refractivity contribution in [1.29, 1.82) is 0 Å². The fraction of sp³-hybridized carbons (Fsp3) is 0.344. The van der Waals surface area contributed by atoms with Crippen molar-refractivity contribution in [1.82, 2.24) is 20.1 Å². The molecule has 4 aromatic rings. The number of ether oxygens (including phenoxy) is 2. The number of esters is 1. The van der Waals surface area contributed by atoms with Gasteiger partial charge in [0.15, 0.2) is 5.82 Å². The summed E-state index contributed by atoms with van der Waals surface area (Å²) in [4.78, 5) is 17.3. The van der Waals surface area contributed by atoms with Gasteiger partial charge >= 0.3 is 5.97 Å². The summed E-state index contributed by atoms with van der Waals surface area (Å²) in [6, 6.07) is 18.8. The number of nitrogens with one attached hydrogen (secondary N) is 2. The Morgan fingerprint density at radius 3 is 2.75 bits per heavy atom. The highest BCUT2D eigenvalue weighted by Gasteiger charge is 2.29. The maximum absolute atomic E-state index is 12.3. The molecule has 0 aliphatic carbocycles. The van der Waals surface area contributed by atoms with Crippen molar-refractivity contribution in [2.24, 2.45) is 0 Å². The fourth-order valence-corrected chi connectivity index (χ4v) is 5.81. The molecule has 0 amide bonds. The minimum absolute atomic E-state index is 0.0121. The molecule has 6 rings (SSSR count). The number of fused-ring (bicyclic) bond motifs is 1. The van der Waals surface area contributed by atoms with Crippen LogP contribution in [0, 0.1) is 13.8 Å². The predicted octanol–water partition coefficient (Wildman–Crippen LogP) is 5.74. The average molecular weight is 538 g/mol. The monoisotopic (exact) mass is 537 g/mol. The Bertz CT molecular complexity index is 1540. The number of benzene rings is 2. The second kappa shape index (κ2) is 11.1. The van der Waals surface area contributed by atoms with Gasteiger partial charge in [-0.05, 0) is 88.0 Å². The predicted molar refractivity (Wildman–Crippen MR) is 155 cm³/mol. The number of aromatic nitrogens is 3. The lowest BCUT2D eigenvalue weighted by Gasteiger charge is -2.24. The molecule has 4 heterocycles. The van der Waals surface area contributed by atoms with Crippen LogP contribution < -0.4 is 15.4 Å². The van der Waals surface area contributed by atoms with Gasteiger partial charge in [0, 0.05) is 16.8 Å². The first-order chi connectivity index (χ1) is 19.5. The second-order valence-electron chi connectivity index (χ2n) is 10.5. The van der Waals surface area contributed by atoms with Gasteiger partial charge in [-0.2, -0.15) is 5.10 Å². The Kier molecular flexibility index (Phi) is 7.26. The summed E-state index contributed by atoms with van der Waals surface area (Å²) in [7, 11) is 0. The van der Waals surface area contributed by atoms with E-state index in [0.717, 1.165) is 41.3 Å². The SMILES string of the molecule is CCOC(=O)c1cnn(-c2cccc(-c3cccc4c3C(Nc3ccc(C5CCNCC5)cc3C)CO4)n2)c1C. The largest absolute Gasteiger partial charge is 0.491 e. The molecule has 8 heteroatoms. The van der Waals surface area contributed by atoms with Crippen molar-refractivity contribution in [3.05, 3.63) is 88.7 Å². The highest BCUT2D eigenvalue weighted by Crippen LogP contribution is 2.41. The number of hydrogen-bond acceptors (Lipinski definition) is 7. The summed E-state index contributed by atoms with van der Waals surface area (Å²) in [5.74, 6) is 1.75. The molecule has 1 atom stereocenters. The fourth-order valence-electron chi connectivity index (χ4n) is 5.81. The van der Waals surface area contributed by atoms with Gasteiger partial charge in [0.05, 0.1) is 30.2 Å². The topological polar surface area (TPSA) is 90.3 Å². The molecule has 0 radical (unpaired) electrons. The molecule has 2 N–H and O–H groups in total. The third-order valence-corrected chi connectivity index (χ3v) is 7.94. The van der Waals surface area contributed by atoms with Crippen LogP contribution in [-0.2, 0) is 4.74 Å². The molecular weight excluding hydrogens is 502 g/mol. The van der Waals surface area contributed by atoms with Gasteiger partial charge < -0.3 is 20.1 Å². The van der Waals surface area contributed by atoms with Crippen molar-refractivity contribution in [3.8, 4) is 22.8 Å². The van der Waals surface area contributed by atoms with Gasteiger partial charge in [-0.3, -0.25) is 0 Å². The first-order valence-electron chi connectivity index (χ1n) is 14.1. The van der Waals surface area contributed by atoms with E-state index in [0.29, 0.717) is 36.2 Å². The lowest BCUT2D eigenvalue weighted by molar-refractivity contribution is 0.0525. The van der Waals surface area contributed by atoms with Gasteiger partial charge in [0.1, 0.15) is 17.9 Å². The number of nitrogens with zero attached hydrogens (tertiary/aromatic N) is 3. The first kappa shape index (κ1) is 26.1. The quantitative estimate of drug-likeness (QED) is 0.291. The number of aryl methyl sites for hydroxylation is 1. The van der Waals surface area contributed by atoms with E-state index < -0.39 is 0 Å². The summed E-state index contributed by atoms with van der Waals surface area (Å²) in [6.45, 7) is 8.85. The lowest BCUT2D eigenvalue weighted by Crippen LogP contribution is -2.26. The van der Waals surface area contributed by atoms with E-state index in [2.05, 4.69) is 46.9 Å². The zero-order chi connectivity index (χ0) is 27.6. The molecule has 8 nitrogen and oxygen atoms in total. The molecule has 2 aliphatic rings. The van der Waals surface area contributed by atoms with E-state index in [-0.39, 0.29) is 12.0 Å². The van der Waals surface area contributed by atoms with Crippen LogP contribution in [0.4, 0.5) is 5.69 Å². The zero-order valence-electron chi connectivity index (χ0n) is 23.2. The van der Waals surface area contributed by atoms with E-state index in [1.807, 2.05) is 37.3 Å². The maximum Gasteiger partial charge on any atom is 0.341 e. The van der Waals surface area contributed by atoms with Gasteiger partial charge in [-0.25, -0.2) is 14.5 Å². The summed E-state index contributed by atoms with van der Waals surface area (Å²) in [5.41, 5.74) is 7.84. The minimum atomic E-state index is -0.381. The highest BCUT2D eigenvalue weighted by molar-refractivity contribution is 5.90. The standard InChI is InChI=1S/C32H35N5O3/c1-4-39-32(38)25-18-34-37(21(25)3)30-10-6-8-27(36-30)24-7-5-9-29-31(24)28(19-40-29)35-26-12-11-23(17-20(26)2)22-13-15-33-16-14-22/h5-12,17-18,22,28,33,35H,4,13-16,19H2,1-3H3. The Labute approximate surface area is 234 Å². The molecular formula is C32H35N5O3. The molecule has 0 spiro atoms. The molecule has 0 saturated carbocycles. The Morgan fingerprint density at radius 2 is 1.95 bits per heavy atom. The lowest BCUT2D eigenvalue weighted by atomic mass is 9.89. The van der Waals surface area contributed by atoms with Gasteiger partial charge in [0.2, 0.25) is 0 Å². The zero-order valence-corrected chi connectivity index (χ0v) is 23.2. The van der Waals surface area contributed by atoms with E-state index in [4.69, 9.17) is 14.5 Å². The van der Waals surface area contributed by atoms with E-state index in [9.17, 15) is 4.79 Å². The van der Waals surface area contributed by atoms with E-state index in [1.165, 1.54) is 30.2 Å². The number of carbonyl (C=O) groups excluding carboxylic acids is 1. The number of hydrogen-bond donors (Lipinski definition) is 2. The molecule has 1 saturated heterocycles. The van der Waals surface area contributed by atoms with Gasteiger partial charge in [-0.15, -0.1) is 0 Å². The minimum Gasteiger partial charge on any atom is -0.491 e. The summed E-state index contributed by atoms with van der Waals surface area (Å²) in [5, 5.41) is 11.6. The Hall–Kier alpha value is -4.17. The van der Waals surface area contributed by atoms with E-state index in [1.54, 1.807) is 11.6 Å². The maximum atomic E-state index is 12.3. The third-order valence-electron chi connectivity index (χ3n) is 7.94. The van der Waals surface area contributed by atoms with Gasteiger partial charge in [-0.1, -0.05) is 30.3 Å². The normalized spacial score (nSPS) is 16.8. The molecule has 40 heavy (non-hydrogen) atoms. The first-order valence-corrected chi connectivity index (χ1v) is 14.1. The molecule has 0 bridgehead atoms. The van der Waals surface area contributed by atoms with E-state index >= 15 is 0 Å². The molecule has 1 unspecified atom stereocenters. The van der Waals surface area contributed by atoms with Crippen LogP contribution in [0.3, 0.4) is 0 Å². The van der Waals surface area contributed by atoms with Crippen LogP contribution in [0.1, 0.15) is 64.5 Å². The molecule has 2 aromatic carbocycles. The van der Waals surface area contributed by atoms with Crippen LogP contribution in [0.15, 0.2) is 60.8 Å². The van der Waals surface area contributed by atoms with Crippen LogP contribution in [0.5, 0.6) is 5.75 Å². The van der Waals surface area contributed by atoms with Crippen molar-refractivity contribution in [3.63, 3.8) is 0 Å². The Balaban J connectivity index is 1.29. The third kappa shape index (κ3) is 4.95. The Morgan fingerprint density at radius 1 is 1.12 bits per heavy atom. The molecule has 2 aromatic heterocycles. The number of pyridine rings is 1. The smallest absolute Gasteiger partial charge is 0.341 e. The number of carbonyl (C=O) groups is 1. The summed E-state index contributed by atoms with van der Waals surface area (Å²) >= 11 is 0. The van der Waals surface area contributed by atoms with Crippen molar-refractivity contribution >= 4 is 11.7 Å². The average Bonchev–Trinajstić information content (AvgIpc) is 3.58. The summed E-state index contributed by atoms with van der Waals surface area (Å²) < 4.78 is 13.0. The highest BCUT2D eigenvalue weighted by atomic mass is 16.5. The van der Waals surface area contributed by atoms with Crippen LogP contribution in [0.2, 0.25) is 0 Å². The molecule has 2 aliphatic heterocycles. The van der Waals surface area contributed by atoms with Crippen molar-refractivity contribution in [2.45, 2.75) is 45.6 Å².